The van der Waals surface area contributed by atoms with Gasteiger partial charge in [-0.1, -0.05) is 0 Å². The van der Waals surface area contributed by atoms with Gasteiger partial charge in [-0.15, -0.1) is 0 Å². The number of rotatable bonds is 6. The third-order valence-electron chi connectivity index (χ3n) is 3.99. The van der Waals surface area contributed by atoms with Crippen molar-refractivity contribution in [1.82, 2.24) is 5.32 Å². The van der Waals surface area contributed by atoms with Gasteiger partial charge in [0.2, 0.25) is 0 Å². The second-order valence-corrected chi connectivity index (χ2v) is 5.16. The maximum absolute atomic E-state index is 12.1. The highest BCUT2D eigenvalue weighted by molar-refractivity contribution is 5.96. The summed E-state index contributed by atoms with van der Waals surface area (Å²) in [4.78, 5) is 22.5. The van der Waals surface area contributed by atoms with Gasteiger partial charge in [-0.3, -0.25) is 14.9 Å². The average molecular weight is 293 g/mol. The fourth-order valence-electron chi connectivity index (χ4n) is 2.40. The van der Waals surface area contributed by atoms with Gasteiger partial charge >= 0.3 is 0 Å². The Balaban J connectivity index is 2.07. The Labute approximate surface area is 122 Å². The Morgan fingerprint density at radius 1 is 1.48 bits per heavy atom. The summed E-state index contributed by atoms with van der Waals surface area (Å²) in [6, 6.07) is 4.26. The summed E-state index contributed by atoms with van der Waals surface area (Å²) < 4.78 is 5.44. The van der Waals surface area contributed by atoms with Crippen molar-refractivity contribution >= 4 is 17.3 Å². The van der Waals surface area contributed by atoms with Crippen LogP contribution in [0, 0.1) is 10.1 Å². The predicted molar refractivity (Wildman–Crippen MR) is 78.6 cm³/mol. The molecule has 0 unspecified atom stereocenters. The number of carbonyl (C=O) groups excluding carboxylic acids is 1. The lowest BCUT2D eigenvalue weighted by Crippen LogP contribution is -2.49. The molecule has 7 nitrogen and oxygen atoms in total. The quantitative estimate of drug-likeness (QED) is 0.617. The van der Waals surface area contributed by atoms with Crippen molar-refractivity contribution in [2.75, 3.05) is 26.0 Å². The van der Waals surface area contributed by atoms with E-state index < -0.39 is 4.92 Å². The van der Waals surface area contributed by atoms with Crippen LogP contribution in [0.4, 0.5) is 11.4 Å². The van der Waals surface area contributed by atoms with E-state index in [4.69, 9.17) is 4.74 Å². The van der Waals surface area contributed by atoms with Crippen LogP contribution in [0.1, 0.15) is 29.6 Å². The molecule has 114 valence electrons. The molecule has 0 spiro atoms. The molecule has 1 saturated carbocycles. The Kier molecular flexibility index (Phi) is 4.42. The summed E-state index contributed by atoms with van der Waals surface area (Å²) in [5, 5.41) is 16.4. The number of nitro benzene ring substituents is 1. The van der Waals surface area contributed by atoms with Crippen molar-refractivity contribution in [3.05, 3.63) is 33.9 Å². The monoisotopic (exact) mass is 293 g/mol. The van der Waals surface area contributed by atoms with Crippen LogP contribution in [0.2, 0.25) is 0 Å². The van der Waals surface area contributed by atoms with Gasteiger partial charge in [-0.2, -0.15) is 0 Å². The number of nitro groups is 1. The van der Waals surface area contributed by atoms with E-state index in [1.165, 1.54) is 18.2 Å². The van der Waals surface area contributed by atoms with Crippen molar-refractivity contribution in [2.45, 2.75) is 24.9 Å². The Morgan fingerprint density at radius 3 is 2.67 bits per heavy atom. The minimum absolute atomic E-state index is 0.0543. The van der Waals surface area contributed by atoms with Crippen LogP contribution < -0.4 is 10.6 Å². The largest absolute Gasteiger partial charge is 0.383 e. The molecule has 0 saturated heterocycles. The standard InChI is InChI=1S/C14H19N3O4/c1-15-11-8-10(4-5-12(11)17(19)20)13(18)16-9-14(21-2)6-3-7-14/h4-5,8,15H,3,6-7,9H2,1-2H3,(H,16,18). The average Bonchev–Trinajstić information content (AvgIpc) is 2.45. The highest BCUT2D eigenvalue weighted by Gasteiger charge is 2.37. The Morgan fingerprint density at radius 2 is 2.19 bits per heavy atom. The van der Waals surface area contributed by atoms with Crippen LogP contribution >= 0.6 is 0 Å². The van der Waals surface area contributed by atoms with E-state index in [1.807, 2.05) is 0 Å². The summed E-state index contributed by atoms with van der Waals surface area (Å²) in [6.07, 6.45) is 2.97. The second kappa shape index (κ2) is 6.09. The number of carbonyl (C=O) groups is 1. The number of anilines is 1. The third-order valence-corrected chi connectivity index (χ3v) is 3.99. The van der Waals surface area contributed by atoms with Crippen LogP contribution in [0.15, 0.2) is 18.2 Å². The van der Waals surface area contributed by atoms with E-state index >= 15 is 0 Å². The van der Waals surface area contributed by atoms with Gasteiger partial charge in [-0.05, 0) is 31.4 Å². The van der Waals surface area contributed by atoms with Crippen molar-refractivity contribution < 1.29 is 14.5 Å². The minimum atomic E-state index is -0.484. The summed E-state index contributed by atoms with van der Waals surface area (Å²) in [7, 11) is 3.23. The van der Waals surface area contributed by atoms with Gasteiger partial charge < -0.3 is 15.4 Å². The molecule has 0 heterocycles. The first-order valence-electron chi connectivity index (χ1n) is 6.81. The zero-order valence-corrected chi connectivity index (χ0v) is 12.1. The fourth-order valence-corrected chi connectivity index (χ4v) is 2.40. The number of benzene rings is 1. The van der Waals surface area contributed by atoms with E-state index in [2.05, 4.69) is 10.6 Å². The van der Waals surface area contributed by atoms with Gasteiger partial charge in [0.15, 0.2) is 0 Å². The van der Waals surface area contributed by atoms with Crippen molar-refractivity contribution in [3.8, 4) is 0 Å². The molecule has 0 atom stereocenters. The van der Waals surface area contributed by atoms with E-state index in [-0.39, 0.29) is 17.2 Å². The zero-order valence-electron chi connectivity index (χ0n) is 12.1. The molecule has 1 aromatic rings. The summed E-state index contributed by atoms with van der Waals surface area (Å²) in [5.41, 5.74) is 0.400. The van der Waals surface area contributed by atoms with Crippen LogP contribution in [0.5, 0.6) is 0 Å². The summed E-state index contributed by atoms with van der Waals surface area (Å²) in [5.74, 6) is -0.260. The number of hydrogen-bond donors (Lipinski definition) is 2. The van der Waals surface area contributed by atoms with E-state index in [0.717, 1.165) is 19.3 Å². The van der Waals surface area contributed by atoms with Crippen LogP contribution in [0.25, 0.3) is 0 Å². The van der Waals surface area contributed by atoms with Crippen LogP contribution in [-0.2, 0) is 4.74 Å². The molecule has 0 bridgehead atoms. The Hall–Kier alpha value is -2.15. The van der Waals surface area contributed by atoms with E-state index in [9.17, 15) is 14.9 Å². The molecule has 0 aromatic heterocycles. The lowest BCUT2D eigenvalue weighted by atomic mass is 9.80. The number of nitrogens with one attached hydrogen (secondary N) is 2. The molecule has 2 rings (SSSR count). The minimum Gasteiger partial charge on any atom is -0.383 e. The molecular weight excluding hydrogens is 274 g/mol. The molecule has 0 aliphatic heterocycles. The number of amides is 1. The van der Waals surface area contributed by atoms with Crippen molar-refractivity contribution in [3.63, 3.8) is 0 Å². The molecule has 0 radical (unpaired) electrons. The third kappa shape index (κ3) is 3.13. The smallest absolute Gasteiger partial charge is 0.292 e. The Bertz CT molecular complexity index is 550. The van der Waals surface area contributed by atoms with Gasteiger partial charge in [0.25, 0.3) is 11.6 Å². The number of methoxy groups -OCH3 is 1. The zero-order chi connectivity index (χ0) is 15.5. The fraction of sp³-hybridized carbons (Fsp3) is 0.500. The molecule has 1 aromatic carbocycles. The van der Waals surface area contributed by atoms with Gasteiger partial charge in [-0.25, -0.2) is 0 Å². The van der Waals surface area contributed by atoms with E-state index in [0.29, 0.717) is 17.8 Å². The molecule has 1 aliphatic carbocycles. The topological polar surface area (TPSA) is 93.5 Å². The highest BCUT2D eigenvalue weighted by Crippen LogP contribution is 2.34. The molecule has 2 N–H and O–H groups in total. The lowest BCUT2D eigenvalue weighted by Gasteiger charge is -2.40. The normalized spacial score (nSPS) is 15.9. The first-order valence-corrected chi connectivity index (χ1v) is 6.81. The molecule has 1 amide bonds. The van der Waals surface area contributed by atoms with Gasteiger partial charge in [0.1, 0.15) is 5.69 Å². The van der Waals surface area contributed by atoms with Crippen LogP contribution in [-0.4, -0.2) is 37.1 Å². The highest BCUT2D eigenvalue weighted by atomic mass is 16.6. The first-order chi connectivity index (χ1) is 10.0. The lowest BCUT2D eigenvalue weighted by molar-refractivity contribution is -0.383. The number of ether oxygens (including phenoxy) is 1. The molecular formula is C14H19N3O4. The number of hydrogen-bond acceptors (Lipinski definition) is 5. The van der Waals surface area contributed by atoms with Crippen molar-refractivity contribution in [2.24, 2.45) is 0 Å². The van der Waals surface area contributed by atoms with E-state index in [1.54, 1.807) is 14.2 Å². The van der Waals surface area contributed by atoms with Crippen LogP contribution in [0.3, 0.4) is 0 Å². The molecule has 7 heteroatoms. The summed E-state index contributed by atoms with van der Waals surface area (Å²) >= 11 is 0. The molecule has 1 aliphatic rings. The maximum Gasteiger partial charge on any atom is 0.292 e. The first kappa shape index (κ1) is 15.2. The second-order valence-electron chi connectivity index (χ2n) is 5.16. The molecule has 21 heavy (non-hydrogen) atoms. The SMILES string of the molecule is CNc1cc(C(=O)NCC2(OC)CCC2)ccc1[N+](=O)[O-]. The molecule has 1 fully saturated rings. The van der Waals surface area contributed by atoms with Crippen molar-refractivity contribution in [1.29, 1.82) is 0 Å². The summed E-state index contributed by atoms with van der Waals surface area (Å²) in [6.45, 7) is 0.453. The van der Waals surface area contributed by atoms with Gasteiger partial charge in [0.05, 0.1) is 10.5 Å². The maximum atomic E-state index is 12.1. The number of nitrogens with zero attached hydrogens (tertiary/aromatic N) is 1. The van der Waals surface area contributed by atoms with Gasteiger partial charge in [0, 0.05) is 32.3 Å². The predicted octanol–water partition coefficient (Wildman–Crippen LogP) is 1.94.